The Hall–Kier alpha value is -3.36. The van der Waals surface area contributed by atoms with Crippen LogP contribution in [0.4, 0.5) is 23.2 Å². The number of nitrogens with zero attached hydrogens (tertiary/aromatic N) is 1. The lowest BCUT2D eigenvalue weighted by Gasteiger charge is -2.10. The van der Waals surface area contributed by atoms with E-state index in [9.17, 15) is 22.4 Å². The number of carbonyl (C=O) groups is 1. The molecule has 1 amide bonds. The molecule has 1 aromatic heterocycles. The number of hydrogen-bond donors (Lipinski definition) is 1. The molecule has 0 saturated carbocycles. The molecule has 0 spiro atoms. The van der Waals surface area contributed by atoms with Crippen LogP contribution in [0.25, 0.3) is 0 Å². The van der Waals surface area contributed by atoms with Gasteiger partial charge in [-0.2, -0.15) is 13.2 Å². The van der Waals surface area contributed by atoms with Gasteiger partial charge in [0.2, 0.25) is 0 Å². The number of aryl methyl sites for hydroxylation is 1. The number of hydrogen-bond acceptors (Lipinski definition) is 4. The molecule has 9 heteroatoms. The Morgan fingerprint density at radius 2 is 1.93 bits per heavy atom. The van der Waals surface area contributed by atoms with E-state index in [1.807, 2.05) is 0 Å². The van der Waals surface area contributed by atoms with Crippen LogP contribution in [0, 0.1) is 12.7 Å². The molecule has 28 heavy (non-hydrogen) atoms. The van der Waals surface area contributed by atoms with Crippen molar-refractivity contribution in [3.8, 4) is 5.75 Å². The van der Waals surface area contributed by atoms with Crippen LogP contribution in [-0.2, 0) is 12.8 Å². The Bertz CT molecular complexity index is 999. The van der Waals surface area contributed by atoms with Crippen molar-refractivity contribution in [1.29, 1.82) is 0 Å². The molecular weight excluding hydrogens is 380 g/mol. The van der Waals surface area contributed by atoms with Crippen LogP contribution in [0.15, 0.2) is 53.1 Å². The summed E-state index contributed by atoms with van der Waals surface area (Å²) in [4.78, 5) is 12.4. The zero-order valence-corrected chi connectivity index (χ0v) is 14.5. The zero-order chi connectivity index (χ0) is 20.3. The fourth-order valence-electron chi connectivity index (χ4n) is 2.41. The molecule has 0 unspecified atom stereocenters. The fourth-order valence-corrected chi connectivity index (χ4v) is 2.41. The number of alkyl halides is 3. The zero-order valence-electron chi connectivity index (χ0n) is 14.5. The minimum Gasteiger partial charge on any atom is -0.486 e. The van der Waals surface area contributed by atoms with Crippen molar-refractivity contribution in [2.45, 2.75) is 19.7 Å². The maximum absolute atomic E-state index is 13.7. The van der Waals surface area contributed by atoms with Crippen molar-refractivity contribution in [2.75, 3.05) is 5.32 Å². The summed E-state index contributed by atoms with van der Waals surface area (Å²) >= 11 is 0. The second kappa shape index (κ2) is 7.71. The lowest BCUT2D eigenvalue weighted by atomic mass is 10.1. The first-order chi connectivity index (χ1) is 13.3. The summed E-state index contributed by atoms with van der Waals surface area (Å²) in [6.07, 6.45) is -4.54. The molecule has 146 valence electrons. The first-order valence-electron chi connectivity index (χ1n) is 8.07. The van der Waals surface area contributed by atoms with Gasteiger partial charge in [0.1, 0.15) is 12.4 Å². The van der Waals surface area contributed by atoms with E-state index in [1.54, 1.807) is 6.07 Å². The lowest BCUT2D eigenvalue weighted by Crippen LogP contribution is -2.16. The maximum atomic E-state index is 13.7. The Labute approximate surface area is 156 Å². The van der Waals surface area contributed by atoms with Crippen molar-refractivity contribution < 1.29 is 31.6 Å². The minimum absolute atomic E-state index is 0.0210. The van der Waals surface area contributed by atoms with Gasteiger partial charge in [0.15, 0.2) is 17.3 Å². The molecular formula is C19H14F4N2O3. The molecule has 3 aromatic rings. The van der Waals surface area contributed by atoms with Crippen LogP contribution in [0.3, 0.4) is 0 Å². The second-order valence-corrected chi connectivity index (χ2v) is 5.82. The van der Waals surface area contributed by atoms with E-state index >= 15 is 0 Å². The number of ether oxygens (including phenoxy) is 1. The Balaban J connectivity index is 1.77. The normalized spacial score (nSPS) is 11.3. The SMILES string of the molecule is Cc1onc(C(=O)Nc2cccc(C(F)(F)F)c2)c1COc1ccccc1F. The van der Waals surface area contributed by atoms with E-state index in [0.29, 0.717) is 0 Å². The smallest absolute Gasteiger partial charge is 0.416 e. The molecule has 5 nitrogen and oxygen atoms in total. The highest BCUT2D eigenvalue weighted by atomic mass is 19.4. The summed E-state index contributed by atoms with van der Waals surface area (Å²) in [6.45, 7) is 1.33. The highest BCUT2D eigenvalue weighted by Crippen LogP contribution is 2.31. The molecule has 0 aliphatic carbocycles. The van der Waals surface area contributed by atoms with E-state index in [1.165, 1.54) is 37.3 Å². The Kier molecular flexibility index (Phi) is 5.34. The fraction of sp³-hybridized carbons (Fsp3) is 0.158. The molecule has 0 saturated heterocycles. The number of rotatable bonds is 5. The number of benzene rings is 2. The van der Waals surface area contributed by atoms with Crippen LogP contribution < -0.4 is 10.1 Å². The van der Waals surface area contributed by atoms with E-state index in [4.69, 9.17) is 9.26 Å². The number of amides is 1. The van der Waals surface area contributed by atoms with Gasteiger partial charge >= 0.3 is 6.18 Å². The number of carbonyl (C=O) groups excluding carboxylic acids is 1. The molecule has 1 N–H and O–H groups in total. The number of para-hydroxylation sites is 1. The van der Waals surface area contributed by atoms with Crippen molar-refractivity contribution in [2.24, 2.45) is 0 Å². The third-order valence-electron chi connectivity index (χ3n) is 3.86. The predicted octanol–water partition coefficient (Wildman–Crippen LogP) is 4.97. The number of halogens is 4. The molecule has 0 aliphatic rings. The van der Waals surface area contributed by atoms with Crippen LogP contribution in [0.2, 0.25) is 0 Å². The van der Waals surface area contributed by atoms with Gasteiger partial charge in [0.05, 0.1) is 11.1 Å². The van der Waals surface area contributed by atoms with Crippen LogP contribution in [-0.4, -0.2) is 11.1 Å². The van der Waals surface area contributed by atoms with Gasteiger partial charge in [-0.15, -0.1) is 0 Å². The standard InChI is InChI=1S/C19H14F4N2O3/c1-11-14(10-27-16-8-3-2-7-15(16)20)17(25-28-11)18(26)24-13-6-4-5-12(9-13)19(21,22)23/h2-9H,10H2,1H3,(H,24,26). The molecule has 0 bridgehead atoms. The molecule has 0 atom stereocenters. The first-order valence-corrected chi connectivity index (χ1v) is 8.07. The van der Waals surface area contributed by atoms with Crippen molar-refractivity contribution >= 4 is 11.6 Å². The minimum atomic E-state index is -4.54. The van der Waals surface area contributed by atoms with Crippen molar-refractivity contribution in [1.82, 2.24) is 5.16 Å². The average molecular weight is 394 g/mol. The molecule has 1 heterocycles. The molecule has 2 aromatic carbocycles. The van der Waals surface area contributed by atoms with Crippen LogP contribution in [0.5, 0.6) is 5.75 Å². The van der Waals surface area contributed by atoms with Gasteiger partial charge in [-0.05, 0) is 37.3 Å². The summed E-state index contributed by atoms with van der Waals surface area (Å²) in [6, 6.07) is 9.91. The summed E-state index contributed by atoms with van der Waals surface area (Å²) in [5.41, 5.74) is -0.856. The van der Waals surface area contributed by atoms with Gasteiger partial charge in [0, 0.05) is 5.69 Å². The molecule has 3 rings (SSSR count). The van der Waals surface area contributed by atoms with E-state index in [0.717, 1.165) is 12.1 Å². The van der Waals surface area contributed by atoms with Gasteiger partial charge < -0.3 is 14.6 Å². The van der Waals surface area contributed by atoms with Crippen LogP contribution >= 0.6 is 0 Å². The molecule has 0 fully saturated rings. The van der Waals surface area contributed by atoms with Crippen molar-refractivity contribution in [3.63, 3.8) is 0 Å². The maximum Gasteiger partial charge on any atom is 0.416 e. The van der Waals surface area contributed by atoms with Gasteiger partial charge in [0.25, 0.3) is 5.91 Å². The number of anilines is 1. The summed E-state index contributed by atoms with van der Waals surface area (Å²) in [5, 5.41) is 5.98. The Morgan fingerprint density at radius 1 is 1.18 bits per heavy atom. The average Bonchev–Trinajstić information content (AvgIpc) is 3.01. The van der Waals surface area contributed by atoms with Crippen molar-refractivity contribution in [3.05, 3.63) is 76.9 Å². The highest BCUT2D eigenvalue weighted by Gasteiger charge is 2.30. The second-order valence-electron chi connectivity index (χ2n) is 5.82. The van der Waals surface area contributed by atoms with E-state index in [-0.39, 0.29) is 35.1 Å². The van der Waals surface area contributed by atoms with Crippen LogP contribution in [0.1, 0.15) is 27.4 Å². The highest BCUT2D eigenvalue weighted by molar-refractivity contribution is 6.03. The number of aromatic nitrogens is 1. The van der Waals surface area contributed by atoms with E-state index < -0.39 is 23.5 Å². The first kappa shape index (κ1) is 19.4. The van der Waals surface area contributed by atoms with Gasteiger partial charge in [-0.25, -0.2) is 4.39 Å². The quantitative estimate of drug-likeness (QED) is 0.621. The summed E-state index contributed by atoms with van der Waals surface area (Å²) < 4.78 is 62.4. The Morgan fingerprint density at radius 3 is 2.64 bits per heavy atom. The summed E-state index contributed by atoms with van der Waals surface area (Å²) in [7, 11) is 0. The van der Waals surface area contributed by atoms with Gasteiger partial charge in [-0.1, -0.05) is 23.4 Å². The molecule has 0 radical (unpaired) electrons. The summed E-state index contributed by atoms with van der Waals surface area (Å²) in [5.74, 6) is -1.10. The molecule has 0 aliphatic heterocycles. The topological polar surface area (TPSA) is 64.4 Å². The lowest BCUT2D eigenvalue weighted by molar-refractivity contribution is -0.137. The third kappa shape index (κ3) is 4.30. The van der Waals surface area contributed by atoms with Gasteiger partial charge in [-0.3, -0.25) is 4.79 Å². The third-order valence-corrected chi connectivity index (χ3v) is 3.86. The largest absolute Gasteiger partial charge is 0.486 e. The predicted molar refractivity (Wildman–Crippen MR) is 91.4 cm³/mol. The number of nitrogens with one attached hydrogen (secondary N) is 1. The monoisotopic (exact) mass is 394 g/mol. The van der Waals surface area contributed by atoms with E-state index in [2.05, 4.69) is 10.5 Å².